The first-order valence-corrected chi connectivity index (χ1v) is 7.21. The molecule has 0 aliphatic carbocycles. The van der Waals surface area contributed by atoms with Crippen LogP contribution in [0.3, 0.4) is 0 Å². The molecule has 112 valence electrons. The zero-order valence-electron chi connectivity index (χ0n) is 11.3. The van der Waals surface area contributed by atoms with Crippen molar-refractivity contribution in [2.75, 3.05) is 6.54 Å². The van der Waals surface area contributed by atoms with E-state index in [9.17, 15) is 10.1 Å². The molecular weight excluding hydrogens is 315 g/mol. The summed E-state index contributed by atoms with van der Waals surface area (Å²) in [5.41, 5.74) is 0.724. The van der Waals surface area contributed by atoms with Crippen molar-refractivity contribution in [2.24, 2.45) is 0 Å². The maximum atomic E-state index is 10.8. The summed E-state index contributed by atoms with van der Waals surface area (Å²) in [5, 5.41) is 15.1. The molecule has 1 N–H and O–H groups in total. The molecular formula is C14H14Cl2N2O3. The summed E-state index contributed by atoms with van der Waals surface area (Å²) in [5.74, 6) is 0.130. The molecule has 0 aliphatic rings. The monoisotopic (exact) mass is 328 g/mol. The second-order valence-corrected chi connectivity index (χ2v) is 5.33. The first-order chi connectivity index (χ1) is 10.0. The van der Waals surface area contributed by atoms with Gasteiger partial charge in [0.2, 0.25) is 0 Å². The first-order valence-electron chi connectivity index (χ1n) is 6.45. The highest BCUT2D eigenvalue weighted by Gasteiger charge is 2.23. The smallest absolute Gasteiger partial charge is 0.404 e. The normalized spacial score (nSPS) is 12.3. The van der Waals surface area contributed by atoms with Crippen molar-refractivity contribution in [2.45, 2.75) is 19.4 Å². The SMILES string of the molecule is CCCNC(c1ccc([N+](=O)[O-])o1)c1cc(Cl)ccc1Cl. The molecule has 1 heterocycles. The summed E-state index contributed by atoms with van der Waals surface area (Å²) in [4.78, 5) is 10.2. The van der Waals surface area contributed by atoms with Crippen molar-refractivity contribution in [3.05, 3.63) is 61.8 Å². The molecule has 0 spiro atoms. The number of halogens is 2. The second-order valence-electron chi connectivity index (χ2n) is 4.49. The molecule has 0 amide bonds. The molecule has 1 unspecified atom stereocenters. The van der Waals surface area contributed by atoms with Crippen LogP contribution in [0.25, 0.3) is 0 Å². The van der Waals surface area contributed by atoms with Crippen molar-refractivity contribution in [1.29, 1.82) is 0 Å². The predicted octanol–water partition coefficient (Wildman–Crippen LogP) is 4.58. The number of hydrogen-bond acceptors (Lipinski definition) is 4. The molecule has 0 radical (unpaired) electrons. The fraction of sp³-hybridized carbons (Fsp3) is 0.286. The topological polar surface area (TPSA) is 68.3 Å². The Kier molecular flexibility index (Phi) is 5.22. The summed E-state index contributed by atoms with van der Waals surface area (Å²) < 4.78 is 5.29. The maximum Gasteiger partial charge on any atom is 0.433 e. The molecule has 2 rings (SSSR count). The Morgan fingerprint density at radius 2 is 2.10 bits per heavy atom. The number of nitrogens with zero attached hydrogens (tertiary/aromatic N) is 1. The highest BCUT2D eigenvalue weighted by atomic mass is 35.5. The number of hydrogen-bond donors (Lipinski definition) is 1. The van der Waals surface area contributed by atoms with E-state index in [0.29, 0.717) is 22.4 Å². The van der Waals surface area contributed by atoms with Crippen LogP contribution in [-0.4, -0.2) is 11.5 Å². The Hall–Kier alpha value is -1.56. The van der Waals surface area contributed by atoms with Crippen LogP contribution < -0.4 is 5.32 Å². The number of nitrogens with one attached hydrogen (secondary N) is 1. The third kappa shape index (κ3) is 3.75. The molecule has 1 atom stereocenters. The van der Waals surface area contributed by atoms with Gasteiger partial charge in [0.15, 0.2) is 0 Å². The Labute approximate surface area is 132 Å². The second kappa shape index (κ2) is 6.93. The lowest BCUT2D eigenvalue weighted by Crippen LogP contribution is -2.23. The molecule has 1 aromatic heterocycles. The third-order valence-corrected chi connectivity index (χ3v) is 3.52. The number of rotatable bonds is 6. The summed E-state index contributed by atoms with van der Waals surface area (Å²) in [6.45, 7) is 2.73. The van der Waals surface area contributed by atoms with Gasteiger partial charge in [0.05, 0.1) is 12.1 Å². The molecule has 0 aliphatic heterocycles. The minimum Gasteiger partial charge on any atom is -0.404 e. The zero-order valence-corrected chi connectivity index (χ0v) is 12.8. The van der Waals surface area contributed by atoms with Crippen LogP contribution in [0, 0.1) is 10.1 Å². The van der Waals surface area contributed by atoms with Crippen LogP contribution in [0.1, 0.15) is 30.7 Å². The largest absolute Gasteiger partial charge is 0.433 e. The Bertz CT molecular complexity index is 643. The van der Waals surface area contributed by atoms with Crippen molar-refractivity contribution in [3.63, 3.8) is 0 Å². The van der Waals surface area contributed by atoms with E-state index in [2.05, 4.69) is 5.32 Å². The standard InChI is InChI=1S/C14H14Cl2N2O3/c1-2-7-17-14(10-8-9(15)3-4-11(10)16)12-5-6-13(21-12)18(19)20/h3-6,8,14,17H,2,7H2,1H3. The van der Waals surface area contributed by atoms with E-state index in [1.54, 1.807) is 24.3 Å². The van der Waals surface area contributed by atoms with E-state index in [1.807, 2.05) is 6.92 Å². The predicted molar refractivity (Wildman–Crippen MR) is 82.0 cm³/mol. The lowest BCUT2D eigenvalue weighted by Gasteiger charge is -2.18. The van der Waals surface area contributed by atoms with Gasteiger partial charge in [0.1, 0.15) is 10.7 Å². The average Bonchev–Trinajstić information content (AvgIpc) is 2.93. The molecule has 0 bridgehead atoms. The minimum absolute atomic E-state index is 0.300. The van der Waals surface area contributed by atoms with Gasteiger partial charge in [-0.25, -0.2) is 0 Å². The molecule has 0 fully saturated rings. The van der Waals surface area contributed by atoms with Crippen LogP contribution in [0.15, 0.2) is 34.7 Å². The Balaban J connectivity index is 2.41. The fourth-order valence-electron chi connectivity index (χ4n) is 1.98. The van der Waals surface area contributed by atoms with Crippen molar-refractivity contribution in [3.8, 4) is 0 Å². The van der Waals surface area contributed by atoms with E-state index < -0.39 is 4.92 Å². The highest BCUT2D eigenvalue weighted by molar-refractivity contribution is 6.33. The molecule has 2 aromatic rings. The first kappa shape index (κ1) is 15.8. The van der Waals surface area contributed by atoms with Crippen LogP contribution >= 0.6 is 23.2 Å². The van der Waals surface area contributed by atoms with Gasteiger partial charge in [-0.05, 0) is 42.8 Å². The van der Waals surface area contributed by atoms with Gasteiger partial charge in [-0.1, -0.05) is 30.1 Å². The van der Waals surface area contributed by atoms with Gasteiger partial charge in [-0.2, -0.15) is 0 Å². The van der Waals surface area contributed by atoms with Gasteiger partial charge in [-0.3, -0.25) is 10.1 Å². The summed E-state index contributed by atoms with van der Waals surface area (Å²) in [6, 6.07) is 7.62. The Morgan fingerprint density at radius 1 is 1.33 bits per heavy atom. The van der Waals surface area contributed by atoms with Crippen molar-refractivity contribution >= 4 is 29.1 Å². The number of benzene rings is 1. The van der Waals surface area contributed by atoms with Crippen LogP contribution in [0.2, 0.25) is 10.0 Å². The van der Waals surface area contributed by atoms with E-state index in [-0.39, 0.29) is 11.9 Å². The third-order valence-electron chi connectivity index (χ3n) is 2.94. The van der Waals surface area contributed by atoms with Gasteiger partial charge < -0.3 is 9.73 Å². The summed E-state index contributed by atoms with van der Waals surface area (Å²) in [7, 11) is 0. The van der Waals surface area contributed by atoms with Crippen LogP contribution in [0.4, 0.5) is 5.88 Å². The maximum absolute atomic E-state index is 10.8. The lowest BCUT2D eigenvalue weighted by molar-refractivity contribution is -0.402. The number of furan rings is 1. The van der Waals surface area contributed by atoms with E-state index in [0.717, 1.165) is 12.0 Å². The minimum atomic E-state index is -0.569. The summed E-state index contributed by atoms with van der Waals surface area (Å²) >= 11 is 12.2. The molecule has 5 nitrogen and oxygen atoms in total. The van der Waals surface area contributed by atoms with Gasteiger partial charge in [0.25, 0.3) is 0 Å². The molecule has 0 saturated carbocycles. The van der Waals surface area contributed by atoms with Gasteiger partial charge >= 0.3 is 5.88 Å². The quantitative estimate of drug-likeness (QED) is 0.622. The molecule has 1 aromatic carbocycles. The molecule has 7 heteroatoms. The Morgan fingerprint density at radius 3 is 2.71 bits per heavy atom. The van der Waals surface area contributed by atoms with Crippen molar-refractivity contribution in [1.82, 2.24) is 5.32 Å². The van der Waals surface area contributed by atoms with E-state index >= 15 is 0 Å². The van der Waals surface area contributed by atoms with Gasteiger partial charge in [0, 0.05) is 10.0 Å². The number of nitro groups is 1. The van der Waals surface area contributed by atoms with Crippen LogP contribution in [0.5, 0.6) is 0 Å². The highest BCUT2D eigenvalue weighted by Crippen LogP contribution is 2.32. The molecule has 21 heavy (non-hydrogen) atoms. The van der Waals surface area contributed by atoms with Gasteiger partial charge in [-0.15, -0.1) is 0 Å². The zero-order chi connectivity index (χ0) is 15.4. The molecule has 0 saturated heterocycles. The van der Waals surface area contributed by atoms with Crippen molar-refractivity contribution < 1.29 is 9.34 Å². The lowest BCUT2D eigenvalue weighted by atomic mass is 10.0. The average molecular weight is 329 g/mol. The van der Waals surface area contributed by atoms with E-state index in [1.165, 1.54) is 6.07 Å². The summed E-state index contributed by atoms with van der Waals surface area (Å²) in [6.07, 6.45) is 0.900. The fourth-order valence-corrected chi connectivity index (χ4v) is 2.39. The van der Waals surface area contributed by atoms with Crippen LogP contribution in [-0.2, 0) is 0 Å². The van der Waals surface area contributed by atoms with E-state index in [4.69, 9.17) is 27.6 Å².